The fourth-order valence-electron chi connectivity index (χ4n) is 2.20. The van der Waals surface area contributed by atoms with E-state index in [0.29, 0.717) is 5.56 Å². The Morgan fingerprint density at radius 2 is 2.21 bits per heavy atom. The predicted octanol–water partition coefficient (Wildman–Crippen LogP) is 2.18. The zero-order chi connectivity index (χ0) is 17.7. The predicted molar refractivity (Wildman–Crippen MR) is 86.2 cm³/mol. The minimum atomic E-state index is -0.731. The van der Waals surface area contributed by atoms with Crippen molar-refractivity contribution in [1.82, 2.24) is 4.98 Å². The Hall–Kier alpha value is -3.44. The lowest BCUT2D eigenvalue weighted by molar-refractivity contribution is -0.386. The number of aromatic nitrogens is 1. The van der Waals surface area contributed by atoms with Crippen molar-refractivity contribution < 1.29 is 14.8 Å². The lowest BCUT2D eigenvalue weighted by Crippen LogP contribution is -2.18. The van der Waals surface area contributed by atoms with E-state index in [1.807, 2.05) is 0 Å². The van der Waals surface area contributed by atoms with Crippen molar-refractivity contribution in [2.24, 2.45) is 0 Å². The van der Waals surface area contributed by atoms with Crippen molar-refractivity contribution in [2.45, 2.75) is 6.61 Å². The topological polar surface area (TPSA) is 129 Å². The highest BCUT2D eigenvalue weighted by atomic mass is 16.6. The minimum absolute atomic E-state index is 0.0417. The number of nitrogens with zero attached hydrogens (tertiary/aromatic N) is 2. The van der Waals surface area contributed by atoms with Crippen LogP contribution < -0.4 is 5.56 Å². The lowest BCUT2D eigenvalue weighted by atomic mass is 10.1. The summed E-state index contributed by atoms with van der Waals surface area (Å²) in [5, 5.41) is 29.9. The Bertz CT molecular complexity index is 909. The zero-order valence-electron chi connectivity index (χ0n) is 12.6. The van der Waals surface area contributed by atoms with Gasteiger partial charge in [-0.05, 0) is 23.8 Å². The fourth-order valence-corrected chi connectivity index (χ4v) is 2.20. The lowest BCUT2D eigenvalue weighted by Gasteiger charge is -2.06. The number of methoxy groups -OCH3 is 1. The number of rotatable bonds is 5. The Morgan fingerprint density at radius 3 is 2.79 bits per heavy atom. The maximum Gasteiger partial charge on any atom is 0.299 e. The molecule has 1 heterocycles. The van der Waals surface area contributed by atoms with Crippen LogP contribution in [0, 0.1) is 21.4 Å². The summed E-state index contributed by atoms with van der Waals surface area (Å²) >= 11 is 0. The van der Waals surface area contributed by atoms with Crippen molar-refractivity contribution in [3.63, 3.8) is 0 Å². The number of benzene rings is 1. The van der Waals surface area contributed by atoms with Crippen molar-refractivity contribution in [2.75, 3.05) is 7.11 Å². The van der Waals surface area contributed by atoms with Gasteiger partial charge in [-0.1, -0.05) is 18.2 Å². The standard InChI is InChI=1S/C16H13N3O5/c1-24-9-13-12(8-17)16(21)18-14(15(13)19(22)23)6-5-10-3-2-4-11(20)7-10/h2-7,20H,9H2,1H3,(H,18,21). The fraction of sp³-hybridized carbons (Fsp3) is 0.125. The van der Waals surface area contributed by atoms with Gasteiger partial charge in [0.2, 0.25) is 0 Å². The number of phenolic OH excluding ortho intramolecular Hbond substituents is 1. The molecule has 1 aromatic carbocycles. The molecule has 0 aliphatic rings. The van der Waals surface area contributed by atoms with Crippen LogP contribution in [0.3, 0.4) is 0 Å². The molecular formula is C16H13N3O5. The Labute approximate surface area is 136 Å². The largest absolute Gasteiger partial charge is 0.508 e. The van der Waals surface area contributed by atoms with E-state index < -0.39 is 16.2 Å². The van der Waals surface area contributed by atoms with E-state index >= 15 is 0 Å². The highest BCUT2D eigenvalue weighted by Crippen LogP contribution is 2.26. The summed E-state index contributed by atoms with van der Waals surface area (Å²) in [6.45, 7) is -0.240. The van der Waals surface area contributed by atoms with Crippen LogP contribution in [0.1, 0.15) is 22.4 Å². The highest BCUT2D eigenvalue weighted by Gasteiger charge is 2.25. The molecule has 2 rings (SSSR count). The average Bonchev–Trinajstić information content (AvgIpc) is 2.53. The van der Waals surface area contributed by atoms with Gasteiger partial charge in [-0.25, -0.2) is 0 Å². The molecule has 0 atom stereocenters. The first-order valence-electron chi connectivity index (χ1n) is 6.77. The normalized spacial score (nSPS) is 10.7. The summed E-state index contributed by atoms with van der Waals surface area (Å²) in [6, 6.07) is 7.90. The maximum atomic E-state index is 12.0. The second-order valence-corrected chi connectivity index (χ2v) is 4.80. The molecule has 1 aromatic heterocycles. The molecule has 0 bridgehead atoms. The first-order valence-corrected chi connectivity index (χ1v) is 6.77. The van der Waals surface area contributed by atoms with E-state index in [1.54, 1.807) is 18.2 Å². The van der Waals surface area contributed by atoms with Crippen LogP contribution in [-0.2, 0) is 11.3 Å². The monoisotopic (exact) mass is 327 g/mol. The smallest absolute Gasteiger partial charge is 0.299 e. The molecule has 2 N–H and O–H groups in total. The zero-order valence-corrected chi connectivity index (χ0v) is 12.6. The molecule has 0 amide bonds. The number of pyridine rings is 1. The van der Waals surface area contributed by atoms with Crippen LogP contribution in [0.2, 0.25) is 0 Å². The molecule has 0 unspecified atom stereocenters. The number of nitrogens with one attached hydrogen (secondary N) is 1. The van der Waals surface area contributed by atoms with E-state index in [0.717, 1.165) is 0 Å². The molecule has 2 aromatic rings. The molecule has 0 radical (unpaired) electrons. The molecule has 8 heteroatoms. The molecule has 0 fully saturated rings. The molecule has 0 saturated carbocycles. The van der Waals surface area contributed by atoms with Crippen molar-refractivity contribution in [3.8, 4) is 11.8 Å². The number of nitriles is 1. The number of nitro groups is 1. The number of aromatic amines is 1. The second kappa shape index (κ2) is 7.21. The van der Waals surface area contributed by atoms with Crippen molar-refractivity contribution >= 4 is 17.8 Å². The molecule has 24 heavy (non-hydrogen) atoms. The summed E-state index contributed by atoms with van der Waals surface area (Å²) in [7, 11) is 1.31. The van der Waals surface area contributed by atoms with Gasteiger partial charge in [0.1, 0.15) is 23.1 Å². The van der Waals surface area contributed by atoms with Crippen molar-refractivity contribution in [1.29, 1.82) is 5.26 Å². The van der Waals surface area contributed by atoms with Gasteiger partial charge in [-0.15, -0.1) is 0 Å². The van der Waals surface area contributed by atoms with Gasteiger partial charge >= 0.3 is 0 Å². The Morgan fingerprint density at radius 1 is 1.46 bits per heavy atom. The summed E-state index contributed by atoms with van der Waals surface area (Å²) in [4.78, 5) is 25.0. The van der Waals surface area contributed by atoms with E-state index in [4.69, 9.17) is 10.00 Å². The van der Waals surface area contributed by atoms with Gasteiger partial charge in [-0.2, -0.15) is 5.26 Å². The van der Waals surface area contributed by atoms with Crippen LogP contribution in [0.5, 0.6) is 5.75 Å². The number of hydrogen-bond acceptors (Lipinski definition) is 6. The number of phenols is 1. The highest BCUT2D eigenvalue weighted by molar-refractivity contribution is 5.74. The van der Waals surface area contributed by atoms with E-state index in [1.165, 1.54) is 31.4 Å². The first kappa shape index (κ1) is 16.9. The Kier molecular flexibility index (Phi) is 5.09. The van der Waals surface area contributed by atoms with E-state index in [2.05, 4.69) is 4.98 Å². The van der Waals surface area contributed by atoms with Gasteiger partial charge in [0, 0.05) is 7.11 Å². The van der Waals surface area contributed by atoms with Gasteiger partial charge in [0.05, 0.1) is 17.1 Å². The summed E-state index contributed by atoms with van der Waals surface area (Å²) in [6.07, 6.45) is 2.84. The SMILES string of the molecule is COCc1c([N+](=O)[O-])c(C=Cc2cccc(O)c2)[nH]c(=O)c1C#N. The van der Waals surface area contributed by atoms with Crippen LogP contribution >= 0.6 is 0 Å². The molecule has 0 aliphatic carbocycles. The summed E-state index contributed by atoms with van der Waals surface area (Å²) in [5.74, 6) is 0.0417. The third kappa shape index (κ3) is 3.48. The average molecular weight is 327 g/mol. The van der Waals surface area contributed by atoms with Gasteiger partial charge < -0.3 is 14.8 Å². The number of ether oxygens (including phenoxy) is 1. The second-order valence-electron chi connectivity index (χ2n) is 4.80. The number of aromatic hydroxyl groups is 1. The molecule has 0 spiro atoms. The van der Waals surface area contributed by atoms with Crippen molar-refractivity contribution in [3.05, 3.63) is 67.1 Å². The van der Waals surface area contributed by atoms with Gasteiger partial charge in [-0.3, -0.25) is 14.9 Å². The summed E-state index contributed by atoms with van der Waals surface area (Å²) in [5.41, 5.74) is -1.03. The molecule has 122 valence electrons. The number of hydrogen-bond donors (Lipinski definition) is 2. The molecule has 0 saturated heterocycles. The van der Waals surface area contributed by atoms with Gasteiger partial charge in [0.25, 0.3) is 11.2 Å². The van der Waals surface area contributed by atoms with Crippen LogP contribution in [-0.4, -0.2) is 22.1 Å². The third-order valence-corrected chi connectivity index (χ3v) is 3.21. The quantitative estimate of drug-likeness (QED) is 0.639. The van der Waals surface area contributed by atoms with Gasteiger partial charge in [0.15, 0.2) is 0 Å². The first-order chi connectivity index (χ1) is 11.5. The third-order valence-electron chi connectivity index (χ3n) is 3.21. The van der Waals surface area contributed by atoms with Crippen LogP contribution in [0.15, 0.2) is 29.1 Å². The van der Waals surface area contributed by atoms with E-state index in [-0.39, 0.29) is 29.2 Å². The maximum absolute atomic E-state index is 12.0. The van der Waals surface area contributed by atoms with Crippen LogP contribution in [0.25, 0.3) is 12.2 Å². The summed E-state index contributed by atoms with van der Waals surface area (Å²) < 4.78 is 4.88. The van der Waals surface area contributed by atoms with Crippen LogP contribution in [0.4, 0.5) is 5.69 Å². The van der Waals surface area contributed by atoms with E-state index in [9.17, 15) is 20.0 Å². The molecule has 8 nitrogen and oxygen atoms in total. The Balaban J connectivity index is 2.63. The number of H-pyrrole nitrogens is 1. The minimum Gasteiger partial charge on any atom is -0.508 e. The molecule has 0 aliphatic heterocycles. The molecular weight excluding hydrogens is 314 g/mol.